The van der Waals surface area contributed by atoms with Crippen LogP contribution < -0.4 is 4.74 Å². The van der Waals surface area contributed by atoms with Crippen LogP contribution in [-0.2, 0) is 0 Å². The quantitative estimate of drug-likeness (QED) is 0.709. The molecule has 0 radical (unpaired) electrons. The molecular formula is C14H10BrNO2. The second-order valence-corrected chi connectivity index (χ2v) is 4.78. The maximum absolute atomic E-state index is 5.72. The second kappa shape index (κ2) is 4.46. The van der Waals surface area contributed by atoms with Crippen molar-refractivity contribution < 1.29 is 9.15 Å². The Morgan fingerprint density at radius 1 is 1.17 bits per heavy atom. The average molecular weight is 304 g/mol. The largest absolute Gasteiger partial charge is 0.497 e. The normalized spacial score (nSPS) is 10.8. The molecule has 3 aromatic rings. The van der Waals surface area contributed by atoms with Gasteiger partial charge >= 0.3 is 0 Å². The van der Waals surface area contributed by atoms with Crippen molar-refractivity contribution in [3.05, 3.63) is 46.9 Å². The van der Waals surface area contributed by atoms with Crippen molar-refractivity contribution in [1.29, 1.82) is 0 Å². The van der Waals surface area contributed by atoms with Gasteiger partial charge in [0.15, 0.2) is 5.58 Å². The molecule has 0 unspecified atom stereocenters. The fraction of sp³-hybridized carbons (Fsp3) is 0.0714. The Balaban J connectivity index is 2.13. The summed E-state index contributed by atoms with van der Waals surface area (Å²) in [6.45, 7) is 0. The lowest BCUT2D eigenvalue weighted by Gasteiger charge is -1.95. The molecule has 1 aromatic heterocycles. The van der Waals surface area contributed by atoms with Crippen LogP contribution in [0.25, 0.3) is 22.6 Å². The number of nitrogens with zero attached hydrogens (tertiary/aromatic N) is 1. The number of hydrogen-bond acceptors (Lipinski definition) is 3. The zero-order valence-electron chi connectivity index (χ0n) is 9.68. The molecule has 0 atom stereocenters. The first-order valence-corrected chi connectivity index (χ1v) is 6.26. The van der Waals surface area contributed by atoms with Crippen LogP contribution in [0, 0.1) is 0 Å². The van der Waals surface area contributed by atoms with Crippen molar-refractivity contribution in [2.24, 2.45) is 0 Å². The fourth-order valence-corrected chi connectivity index (χ4v) is 2.18. The Hall–Kier alpha value is -1.81. The van der Waals surface area contributed by atoms with Gasteiger partial charge in [-0.25, -0.2) is 4.98 Å². The van der Waals surface area contributed by atoms with Gasteiger partial charge in [0.1, 0.15) is 11.3 Å². The highest BCUT2D eigenvalue weighted by Crippen LogP contribution is 2.28. The minimum atomic E-state index is 0.611. The van der Waals surface area contributed by atoms with Gasteiger partial charge in [-0.3, -0.25) is 0 Å². The van der Waals surface area contributed by atoms with E-state index in [0.29, 0.717) is 5.89 Å². The summed E-state index contributed by atoms with van der Waals surface area (Å²) in [5.41, 5.74) is 2.50. The zero-order valence-corrected chi connectivity index (χ0v) is 11.3. The second-order valence-electron chi connectivity index (χ2n) is 3.86. The van der Waals surface area contributed by atoms with Gasteiger partial charge < -0.3 is 9.15 Å². The molecule has 0 aliphatic carbocycles. The van der Waals surface area contributed by atoms with Crippen molar-refractivity contribution >= 4 is 27.0 Å². The van der Waals surface area contributed by atoms with E-state index in [9.17, 15) is 0 Å². The van der Waals surface area contributed by atoms with E-state index < -0.39 is 0 Å². The molecule has 0 fully saturated rings. The molecule has 3 rings (SSSR count). The molecule has 0 spiro atoms. The molecule has 0 N–H and O–H groups in total. The highest BCUT2D eigenvalue weighted by molar-refractivity contribution is 9.10. The topological polar surface area (TPSA) is 35.3 Å². The molecule has 0 amide bonds. The summed E-state index contributed by atoms with van der Waals surface area (Å²) in [5.74, 6) is 1.39. The maximum atomic E-state index is 5.72. The number of ether oxygens (including phenoxy) is 1. The Morgan fingerprint density at radius 2 is 2.06 bits per heavy atom. The first kappa shape index (κ1) is 11.3. The van der Waals surface area contributed by atoms with Crippen molar-refractivity contribution in [1.82, 2.24) is 4.98 Å². The first-order chi connectivity index (χ1) is 8.76. The third-order valence-corrected chi connectivity index (χ3v) is 3.16. The van der Waals surface area contributed by atoms with E-state index in [1.807, 2.05) is 42.5 Å². The SMILES string of the molecule is COc1ccc2oc(-c3cccc(Br)c3)nc2c1. The van der Waals surface area contributed by atoms with Gasteiger partial charge in [-0.1, -0.05) is 22.0 Å². The predicted molar refractivity (Wildman–Crippen MR) is 73.7 cm³/mol. The number of benzene rings is 2. The van der Waals surface area contributed by atoms with Crippen LogP contribution in [0.5, 0.6) is 5.75 Å². The van der Waals surface area contributed by atoms with E-state index in [-0.39, 0.29) is 0 Å². The van der Waals surface area contributed by atoms with Crippen LogP contribution in [0.4, 0.5) is 0 Å². The van der Waals surface area contributed by atoms with Crippen LogP contribution in [-0.4, -0.2) is 12.1 Å². The van der Waals surface area contributed by atoms with Gasteiger partial charge in [-0.05, 0) is 30.3 Å². The molecule has 0 aliphatic heterocycles. The van der Waals surface area contributed by atoms with Crippen LogP contribution in [0.2, 0.25) is 0 Å². The number of fused-ring (bicyclic) bond motifs is 1. The molecule has 1 heterocycles. The Bertz CT molecular complexity index is 706. The summed E-state index contributed by atoms with van der Waals surface area (Å²) >= 11 is 3.44. The van der Waals surface area contributed by atoms with E-state index in [2.05, 4.69) is 20.9 Å². The van der Waals surface area contributed by atoms with Gasteiger partial charge in [-0.2, -0.15) is 0 Å². The molecular weight excluding hydrogens is 294 g/mol. The summed E-state index contributed by atoms with van der Waals surface area (Å²) in [4.78, 5) is 4.47. The summed E-state index contributed by atoms with van der Waals surface area (Å²) in [6.07, 6.45) is 0. The number of hydrogen-bond donors (Lipinski definition) is 0. The van der Waals surface area contributed by atoms with Crippen molar-refractivity contribution in [3.63, 3.8) is 0 Å². The van der Waals surface area contributed by atoms with Gasteiger partial charge in [0.05, 0.1) is 7.11 Å². The van der Waals surface area contributed by atoms with Gasteiger partial charge in [0.25, 0.3) is 0 Å². The number of rotatable bonds is 2. The fourth-order valence-electron chi connectivity index (χ4n) is 1.78. The lowest BCUT2D eigenvalue weighted by atomic mass is 10.2. The standard InChI is InChI=1S/C14H10BrNO2/c1-17-11-5-6-13-12(8-11)16-14(18-13)9-3-2-4-10(15)7-9/h2-8H,1H3. The highest BCUT2D eigenvalue weighted by Gasteiger charge is 2.09. The molecule has 0 saturated heterocycles. The number of halogens is 1. The van der Waals surface area contributed by atoms with Crippen molar-refractivity contribution in [2.75, 3.05) is 7.11 Å². The molecule has 0 bridgehead atoms. The smallest absolute Gasteiger partial charge is 0.227 e. The molecule has 0 saturated carbocycles. The van der Waals surface area contributed by atoms with Crippen LogP contribution in [0.3, 0.4) is 0 Å². The maximum Gasteiger partial charge on any atom is 0.227 e. The van der Waals surface area contributed by atoms with Gasteiger partial charge in [-0.15, -0.1) is 0 Å². The molecule has 18 heavy (non-hydrogen) atoms. The monoisotopic (exact) mass is 303 g/mol. The molecule has 3 nitrogen and oxygen atoms in total. The Labute approximate surface area is 113 Å². The summed E-state index contributed by atoms with van der Waals surface area (Å²) < 4.78 is 11.9. The minimum Gasteiger partial charge on any atom is -0.497 e. The van der Waals surface area contributed by atoms with E-state index in [1.165, 1.54) is 0 Å². The van der Waals surface area contributed by atoms with Crippen molar-refractivity contribution in [2.45, 2.75) is 0 Å². The highest BCUT2D eigenvalue weighted by atomic mass is 79.9. The molecule has 90 valence electrons. The molecule has 0 aliphatic rings. The lowest BCUT2D eigenvalue weighted by Crippen LogP contribution is -1.81. The molecule has 4 heteroatoms. The first-order valence-electron chi connectivity index (χ1n) is 5.47. The van der Waals surface area contributed by atoms with E-state index in [0.717, 1.165) is 26.9 Å². The molecule has 2 aromatic carbocycles. The Kier molecular flexibility index (Phi) is 2.80. The third-order valence-electron chi connectivity index (χ3n) is 2.67. The van der Waals surface area contributed by atoms with Gasteiger partial charge in [0.2, 0.25) is 5.89 Å². The van der Waals surface area contributed by atoms with E-state index >= 15 is 0 Å². The average Bonchev–Trinajstić information content (AvgIpc) is 2.81. The van der Waals surface area contributed by atoms with Gasteiger partial charge in [0, 0.05) is 16.1 Å². The van der Waals surface area contributed by atoms with E-state index in [1.54, 1.807) is 7.11 Å². The van der Waals surface area contributed by atoms with E-state index in [4.69, 9.17) is 9.15 Å². The van der Waals surface area contributed by atoms with Crippen LogP contribution >= 0.6 is 15.9 Å². The summed E-state index contributed by atoms with van der Waals surface area (Å²) in [7, 11) is 1.64. The zero-order chi connectivity index (χ0) is 12.5. The predicted octanol–water partition coefficient (Wildman–Crippen LogP) is 4.27. The minimum absolute atomic E-state index is 0.611. The van der Waals surface area contributed by atoms with Crippen molar-refractivity contribution in [3.8, 4) is 17.2 Å². The third kappa shape index (κ3) is 1.99. The summed E-state index contributed by atoms with van der Waals surface area (Å²) in [6, 6.07) is 13.4. The van der Waals surface area contributed by atoms with Crippen LogP contribution in [0.1, 0.15) is 0 Å². The number of methoxy groups -OCH3 is 1. The number of aromatic nitrogens is 1. The van der Waals surface area contributed by atoms with Crippen LogP contribution in [0.15, 0.2) is 51.4 Å². The number of oxazole rings is 1. The Morgan fingerprint density at radius 3 is 2.83 bits per heavy atom. The summed E-state index contributed by atoms with van der Waals surface area (Å²) in [5, 5.41) is 0. The lowest BCUT2D eigenvalue weighted by molar-refractivity contribution is 0.415.